The lowest BCUT2D eigenvalue weighted by atomic mass is 10.5. The van der Waals surface area contributed by atoms with Crippen molar-refractivity contribution in [3.63, 3.8) is 0 Å². The fourth-order valence-electron chi connectivity index (χ4n) is 1.41. The number of thioether (sulfide) groups is 1. The third-order valence-electron chi connectivity index (χ3n) is 2.28. The van der Waals surface area contributed by atoms with Gasteiger partial charge < -0.3 is 10.3 Å². The van der Waals surface area contributed by atoms with E-state index in [1.807, 2.05) is 11.5 Å². The quantitative estimate of drug-likeness (QED) is 0.833. The number of aryl methyl sites for hydroxylation is 1. The van der Waals surface area contributed by atoms with E-state index in [-0.39, 0.29) is 0 Å². The van der Waals surface area contributed by atoms with Crippen LogP contribution in [0.2, 0.25) is 5.15 Å². The Morgan fingerprint density at radius 2 is 2.17 bits per heavy atom. The maximum atomic E-state index is 5.68. The average molecular weight is 285 g/mol. The van der Waals surface area contributed by atoms with Crippen LogP contribution in [0, 0.1) is 6.92 Å². The van der Waals surface area contributed by atoms with E-state index in [4.69, 9.17) is 17.3 Å². The molecule has 0 radical (unpaired) electrons. The van der Waals surface area contributed by atoms with Crippen molar-refractivity contribution in [2.24, 2.45) is 5.73 Å². The lowest BCUT2D eigenvalue weighted by molar-refractivity contribution is 0.627. The van der Waals surface area contributed by atoms with Gasteiger partial charge in [0.05, 0.1) is 18.1 Å². The molecule has 2 N–H and O–H groups in total. The first-order valence-electron chi connectivity index (χ1n) is 5.40. The normalized spacial score (nSPS) is 10.8. The Balaban J connectivity index is 2.03. The van der Waals surface area contributed by atoms with Crippen molar-refractivity contribution in [1.82, 2.24) is 24.7 Å². The smallest absolute Gasteiger partial charge is 0.191 e. The maximum Gasteiger partial charge on any atom is 0.191 e. The Morgan fingerprint density at radius 3 is 2.83 bits per heavy atom. The highest BCUT2D eigenvalue weighted by atomic mass is 35.5. The van der Waals surface area contributed by atoms with E-state index in [0.717, 1.165) is 16.7 Å². The first kappa shape index (κ1) is 13.3. The van der Waals surface area contributed by atoms with Gasteiger partial charge >= 0.3 is 0 Å². The van der Waals surface area contributed by atoms with Gasteiger partial charge in [0.1, 0.15) is 11.0 Å². The molecule has 96 valence electrons. The predicted molar refractivity (Wildman–Crippen MR) is 70.4 cm³/mol. The molecule has 0 amide bonds. The molecule has 6 nitrogen and oxygen atoms in total. The van der Waals surface area contributed by atoms with Crippen molar-refractivity contribution in [3.05, 3.63) is 29.1 Å². The standard InChI is InChI=1S/C10H13ClN6S/c1-7-15-16-10(17(7)3-2-12)18-6-8-4-14-9(11)5-13-8/h4-5H,2-3,6,12H2,1H3. The van der Waals surface area contributed by atoms with Gasteiger partial charge in [0.15, 0.2) is 5.16 Å². The van der Waals surface area contributed by atoms with Crippen LogP contribution in [-0.4, -0.2) is 31.3 Å². The Kier molecular flexibility index (Phi) is 4.51. The second-order valence-corrected chi connectivity index (χ2v) is 4.92. The summed E-state index contributed by atoms with van der Waals surface area (Å²) in [7, 11) is 0. The zero-order chi connectivity index (χ0) is 13.0. The zero-order valence-corrected chi connectivity index (χ0v) is 11.4. The minimum absolute atomic E-state index is 0.394. The van der Waals surface area contributed by atoms with Crippen LogP contribution < -0.4 is 5.73 Å². The van der Waals surface area contributed by atoms with E-state index in [0.29, 0.717) is 24.0 Å². The monoisotopic (exact) mass is 284 g/mol. The summed E-state index contributed by atoms with van der Waals surface area (Å²) in [5, 5.41) is 9.39. The maximum absolute atomic E-state index is 5.68. The molecule has 0 aromatic carbocycles. The van der Waals surface area contributed by atoms with Crippen molar-refractivity contribution in [2.45, 2.75) is 24.4 Å². The highest BCUT2D eigenvalue weighted by molar-refractivity contribution is 7.98. The van der Waals surface area contributed by atoms with E-state index in [1.165, 1.54) is 6.20 Å². The van der Waals surface area contributed by atoms with Crippen LogP contribution in [-0.2, 0) is 12.3 Å². The molecular formula is C10H13ClN6S. The second-order valence-electron chi connectivity index (χ2n) is 3.59. The van der Waals surface area contributed by atoms with E-state index in [9.17, 15) is 0 Å². The number of hydrogen-bond donors (Lipinski definition) is 1. The number of nitrogens with zero attached hydrogens (tertiary/aromatic N) is 5. The lowest BCUT2D eigenvalue weighted by Gasteiger charge is -2.05. The first-order chi connectivity index (χ1) is 8.70. The van der Waals surface area contributed by atoms with Crippen LogP contribution in [0.5, 0.6) is 0 Å². The highest BCUT2D eigenvalue weighted by Crippen LogP contribution is 2.20. The van der Waals surface area contributed by atoms with Crippen molar-refractivity contribution in [2.75, 3.05) is 6.54 Å². The minimum atomic E-state index is 0.394. The fraction of sp³-hybridized carbons (Fsp3) is 0.400. The molecule has 0 aliphatic heterocycles. The topological polar surface area (TPSA) is 82.5 Å². The van der Waals surface area contributed by atoms with Gasteiger partial charge in [-0.3, -0.25) is 4.98 Å². The summed E-state index contributed by atoms with van der Waals surface area (Å²) in [6, 6.07) is 0. The van der Waals surface area contributed by atoms with Crippen molar-refractivity contribution in [1.29, 1.82) is 0 Å². The summed E-state index contributed by atoms with van der Waals surface area (Å²) in [5.41, 5.74) is 6.41. The summed E-state index contributed by atoms with van der Waals surface area (Å²) >= 11 is 7.23. The van der Waals surface area contributed by atoms with Crippen LogP contribution in [0.15, 0.2) is 17.6 Å². The molecule has 2 rings (SSSR count). The molecule has 0 fully saturated rings. The second kappa shape index (κ2) is 6.12. The summed E-state index contributed by atoms with van der Waals surface area (Å²) in [4.78, 5) is 8.16. The third-order valence-corrected chi connectivity index (χ3v) is 3.47. The van der Waals surface area contributed by atoms with Gasteiger partial charge in [0, 0.05) is 18.8 Å². The Morgan fingerprint density at radius 1 is 1.33 bits per heavy atom. The molecule has 0 aliphatic carbocycles. The number of halogens is 1. The lowest BCUT2D eigenvalue weighted by Crippen LogP contribution is -2.12. The molecule has 18 heavy (non-hydrogen) atoms. The fourth-order valence-corrected chi connectivity index (χ4v) is 2.41. The average Bonchev–Trinajstić information content (AvgIpc) is 2.71. The molecule has 0 spiro atoms. The number of hydrogen-bond acceptors (Lipinski definition) is 6. The van der Waals surface area contributed by atoms with Gasteiger partial charge in [-0.15, -0.1) is 10.2 Å². The van der Waals surface area contributed by atoms with Crippen molar-refractivity contribution >= 4 is 23.4 Å². The molecule has 2 heterocycles. The van der Waals surface area contributed by atoms with Crippen LogP contribution in [0.4, 0.5) is 0 Å². The zero-order valence-electron chi connectivity index (χ0n) is 9.88. The van der Waals surface area contributed by atoms with E-state index >= 15 is 0 Å². The predicted octanol–water partition coefficient (Wildman–Crippen LogP) is 1.28. The Bertz CT molecular complexity index is 512. The van der Waals surface area contributed by atoms with Crippen molar-refractivity contribution in [3.8, 4) is 0 Å². The van der Waals surface area contributed by atoms with Gasteiger partial charge in [-0.05, 0) is 6.92 Å². The molecule has 0 bridgehead atoms. The van der Waals surface area contributed by atoms with Gasteiger partial charge in [0.25, 0.3) is 0 Å². The van der Waals surface area contributed by atoms with E-state index < -0.39 is 0 Å². The summed E-state index contributed by atoms with van der Waals surface area (Å²) in [6.45, 7) is 3.19. The molecule has 0 unspecified atom stereocenters. The van der Waals surface area contributed by atoms with E-state index in [2.05, 4.69) is 20.2 Å². The van der Waals surface area contributed by atoms with Gasteiger partial charge in [-0.2, -0.15) is 0 Å². The Hall–Kier alpha value is -1.18. The summed E-state index contributed by atoms with van der Waals surface area (Å²) in [6.07, 6.45) is 3.19. The number of nitrogens with two attached hydrogens (primary N) is 1. The molecule has 0 aliphatic rings. The van der Waals surface area contributed by atoms with Crippen molar-refractivity contribution < 1.29 is 0 Å². The number of aromatic nitrogens is 5. The van der Waals surface area contributed by atoms with E-state index in [1.54, 1.807) is 18.0 Å². The minimum Gasteiger partial charge on any atom is -0.329 e. The molecule has 8 heteroatoms. The SMILES string of the molecule is Cc1nnc(SCc2cnc(Cl)cn2)n1CCN. The van der Waals surface area contributed by atoms with Gasteiger partial charge in [-0.25, -0.2) is 4.98 Å². The largest absolute Gasteiger partial charge is 0.329 e. The molecule has 0 atom stereocenters. The van der Waals surface area contributed by atoms with Crippen LogP contribution >= 0.6 is 23.4 Å². The molecular weight excluding hydrogens is 272 g/mol. The molecule has 2 aromatic heterocycles. The summed E-state index contributed by atoms with van der Waals surface area (Å²) < 4.78 is 1.99. The van der Waals surface area contributed by atoms with Crippen LogP contribution in [0.1, 0.15) is 11.5 Å². The van der Waals surface area contributed by atoms with Gasteiger partial charge in [-0.1, -0.05) is 23.4 Å². The van der Waals surface area contributed by atoms with Crippen LogP contribution in [0.25, 0.3) is 0 Å². The molecule has 0 saturated heterocycles. The van der Waals surface area contributed by atoms with Crippen LogP contribution in [0.3, 0.4) is 0 Å². The highest BCUT2D eigenvalue weighted by Gasteiger charge is 2.09. The third kappa shape index (κ3) is 3.18. The summed E-state index contributed by atoms with van der Waals surface area (Å²) in [5.74, 6) is 1.54. The molecule has 2 aromatic rings. The molecule has 0 saturated carbocycles. The van der Waals surface area contributed by atoms with Gasteiger partial charge in [0.2, 0.25) is 0 Å². The Labute approximate surface area is 114 Å². The number of rotatable bonds is 5. The first-order valence-corrected chi connectivity index (χ1v) is 6.76.